The van der Waals surface area contributed by atoms with Crippen LogP contribution >= 0.6 is 0 Å². The molecular weight excluding hydrogens is 256 g/mol. The minimum atomic E-state index is 0.393. The van der Waals surface area contributed by atoms with Gasteiger partial charge in [-0.05, 0) is 43.9 Å². The van der Waals surface area contributed by atoms with Crippen molar-refractivity contribution in [3.63, 3.8) is 0 Å². The molecule has 0 bridgehead atoms. The van der Waals surface area contributed by atoms with Gasteiger partial charge in [0.2, 0.25) is 0 Å². The molecule has 112 valence electrons. The summed E-state index contributed by atoms with van der Waals surface area (Å²) in [5.74, 6) is 1.63. The standard InChI is InChI=1S/C19H26N2/c1-3-14-7-6-9-16(13-14)19(20-2)18-12-11-15-8-4-5-10-17(15)21-18/h4-5,8,10-12,14,16,19-20H,3,6-7,9,13H2,1-2H3. The van der Waals surface area contributed by atoms with Crippen LogP contribution < -0.4 is 5.32 Å². The average Bonchev–Trinajstić information content (AvgIpc) is 2.56. The number of benzene rings is 1. The molecule has 1 heterocycles. The molecule has 3 rings (SSSR count). The molecular formula is C19H26N2. The number of nitrogens with zero attached hydrogens (tertiary/aromatic N) is 1. The molecule has 1 fully saturated rings. The molecule has 2 aromatic rings. The third-order valence-electron chi connectivity index (χ3n) is 5.12. The van der Waals surface area contributed by atoms with E-state index in [0.717, 1.165) is 17.4 Å². The molecule has 0 spiro atoms. The van der Waals surface area contributed by atoms with Gasteiger partial charge in [-0.3, -0.25) is 4.98 Å². The molecule has 1 aliphatic carbocycles. The Labute approximate surface area is 128 Å². The first-order valence-corrected chi connectivity index (χ1v) is 8.34. The van der Waals surface area contributed by atoms with Crippen LogP contribution in [0.3, 0.4) is 0 Å². The summed E-state index contributed by atoms with van der Waals surface area (Å²) in [4.78, 5) is 4.91. The number of nitrogens with one attached hydrogen (secondary N) is 1. The molecule has 0 radical (unpaired) electrons. The fourth-order valence-electron chi connectivity index (χ4n) is 3.89. The predicted octanol–water partition coefficient (Wildman–Crippen LogP) is 4.71. The van der Waals surface area contributed by atoms with Crippen molar-refractivity contribution in [1.82, 2.24) is 10.3 Å². The van der Waals surface area contributed by atoms with Gasteiger partial charge in [-0.25, -0.2) is 0 Å². The van der Waals surface area contributed by atoms with E-state index in [4.69, 9.17) is 4.98 Å². The van der Waals surface area contributed by atoms with Crippen molar-refractivity contribution < 1.29 is 0 Å². The smallest absolute Gasteiger partial charge is 0.0706 e. The molecule has 3 atom stereocenters. The lowest BCUT2D eigenvalue weighted by atomic mass is 9.76. The molecule has 0 aliphatic heterocycles. The number of aromatic nitrogens is 1. The number of pyridine rings is 1. The van der Waals surface area contributed by atoms with E-state index in [-0.39, 0.29) is 0 Å². The van der Waals surface area contributed by atoms with Gasteiger partial charge in [0.1, 0.15) is 0 Å². The topological polar surface area (TPSA) is 24.9 Å². The third-order valence-corrected chi connectivity index (χ3v) is 5.12. The summed E-state index contributed by atoms with van der Waals surface area (Å²) in [6.07, 6.45) is 6.77. The van der Waals surface area contributed by atoms with Crippen LogP contribution in [0.25, 0.3) is 10.9 Å². The summed E-state index contributed by atoms with van der Waals surface area (Å²) in [7, 11) is 2.08. The lowest BCUT2D eigenvalue weighted by Gasteiger charge is -2.34. The molecule has 1 N–H and O–H groups in total. The number of para-hydroxylation sites is 1. The van der Waals surface area contributed by atoms with Gasteiger partial charge >= 0.3 is 0 Å². The zero-order valence-corrected chi connectivity index (χ0v) is 13.2. The van der Waals surface area contributed by atoms with Crippen molar-refractivity contribution in [1.29, 1.82) is 0 Å². The molecule has 2 heteroatoms. The van der Waals surface area contributed by atoms with E-state index in [2.05, 4.69) is 55.7 Å². The maximum atomic E-state index is 4.91. The van der Waals surface area contributed by atoms with Gasteiger partial charge in [-0.15, -0.1) is 0 Å². The number of rotatable bonds is 4. The minimum Gasteiger partial charge on any atom is -0.311 e. The van der Waals surface area contributed by atoms with E-state index in [1.54, 1.807) is 0 Å². The number of hydrogen-bond donors (Lipinski definition) is 1. The largest absolute Gasteiger partial charge is 0.311 e. The highest BCUT2D eigenvalue weighted by atomic mass is 14.9. The highest BCUT2D eigenvalue weighted by Gasteiger charge is 2.28. The van der Waals surface area contributed by atoms with Gasteiger partial charge in [0.25, 0.3) is 0 Å². The SMILES string of the molecule is CCC1CCCC(C(NC)c2ccc3ccccc3n2)C1. The van der Waals surface area contributed by atoms with Crippen molar-refractivity contribution >= 4 is 10.9 Å². The molecule has 1 aliphatic rings. The van der Waals surface area contributed by atoms with Gasteiger partial charge in [0.15, 0.2) is 0 Å². The van der Waals surface area contributed by atoms with Gasteiger partial charge in [0.05, 0.1) is 17.3 Å². The molecule has 0 saturated heterocycles. The first kappa shape index (κ1) is 14.5. The van der Waals surface area contributed by atoms with Crippen LogP contribution in [-0.2, 0) is 0 Å². The van der Waals surface area contributed by atoms with Crippen molar-refractivity contribution in [3.05, 3.63) is 42.1 Å². The van der Waals surface area contributed by atoms with Crippen LogP contribution in [0.2, 0.25) is 0 Å². The van der Waals surface area contributed by atoms with Gasteiger partial charge in [-0.2, -0.15) is 0 Å². The second-order valence-corrected chi connectivity index (χ2v) is 6.40. The van der Waals surface area contributed by atoms with Crippen LogP contribution in [0.15, 0.2) is 36.4 Å². The normalized spacial score (nSPS) is 24.1. The molecule has 3 unspecified atom stereocenters. The highest BCUT2D eigenvalue weighted by molar-refractivity contribution is 5.78. The molecule has 1 aromatic heterocycles. The van der Waals surface area contributed by atoms with E-state index in [0.29, 0.717) is 6.04 Å². The summed E-state index contributed by atoms with van der Waals surface area (Å²) >= 11 is 0. The van der Waals surface area contributed by atoms with Gasteiger partial charge in [0, 0.05) is 5.39 Å². The van der Waals surface area contributed by atoms with Crippen LogP contribution in [0.4, 0.5) is 0 Å². The summed E-state index contributed by atoms with van der Waals surface area (Å²) in [6.45, 7) is 2.33. The molecule has 0 amide bonds. The third kappa shape index (κ3) is 3.11. The van der Waals surface area contributed by atoms with Gasteiger partial charge in [-0.1, -0.05) is 50.5 Å². The number of fused-ring (bicyclic) bond motifs is 1. The quantitative estimate of drug-likeness (QED) is 0.878. The average molecular weight is 282 g/mol. The van der Waals surface area contributed by atoms with E-state index < -0.39 is 0 Å². The molecule has 2 nitrogen and oxygen atoms in total. The predicted molar refractivity (Wildman–Crippen MR) is 89.3 cm³/mol. The van der Waals surface area contributed by atoms with E-state index in [1.807, 2.05) is 0 Å². The second kappa shape index (κ2) is 6.57. The van der Waals surface area contributed by atoms with Crippen LogP contribution in [0, 0.1) is 11.8 Å². The summed E-state index contributed by atoms with van der Waals surface area (Å²) in [6, 6.07) is 13.2. The maximum absolute atomic E-state index is 4.91. The Morgan fingerprint density at radius 1 is 1.19 bits per heavy atom. The lowest BCUT2D eigenvalue weighted by molar-refractivity contribution is 0.212. The first-order valence-electron chi connectivity index (χ1n) is 8.34. The second-order valence-electron chi connectivity index (χ2n) is 6.40. The Morgan fingerprint density at radius 2 is 2.05 bits per heavy atom. The minimum absolute atomic E-state index is 0.393. The summed E-state index contributed by atoms with van der Waals surface area (Å²) < 4.78 is 0. The summed E-state index contributed by atoms with van der Waals surface area (Å²) in [5.41, 5.74) is 2.32. The Balaban J connectivity index is 1.86. The van der Waals surface area contributed by atoms with Crippen LogP contribution in [-0.4, -0.2) is 12.0 Å². The van der Waals surface area contributed by atoms with Crippen molar-refractivity contribution in [2.45, 2.75) is 45.1 Å². The Kier molecular flexibility index (Phi) is 4.54. The van der Waals surface area contributed by atoms with E-state index >= 15 is 0 Å². The van der Waals surface area contributed by atoms with E-state index in [1.165, 1.54) is 43.2 Å². The lowest BCUT2D eigenvalue weighted by Crippen LogP contribution is -2.30. The molecule has 1 saturated carbocycles. The fourth-order valence-corrected chi connectivity index (χ4v) is 3.89. The van der Waals surface area contributed by atoms with E-state index in [9.17, 15) is 0 Å². The van der Waals surface area contributed by atoms with Crippen LogP contribution in [0.5, 0.6) is 0 Å². The Morgan fingerprint density at radius 3 is 2.86 bits per heavy atom. The zero-order valence-electron chi connectivity index (χ0n) is 13.2. The maximum Gasteiger partial charge on any atom is 0.0706 e. The Bertz CT molecular complexity index is 593. The van der Waals surface area contributed by atoms with Crippen molar-refractivity contribution in [2.24, 2.45) is 11.8 Å². The van der Waals surface area contributed by atoms with Gasteiger partial charge < -0.3 is 5.32 Å². The molecule has 1 aromatic carbocycles. The van der Waals surface area contributed by atoms with Crippen molar-refractivity contribution in [3.8, 4) is 0 Å². The molecule has 21 heavy (non-hydrogen) atoms. The zero-order chi connectivity index (χ0) is 14.7. The Hall–Kier alpha value is -1.41. The highest BCUT2D eigenvalue weighted by Crippen LogP contribution is 2.38. The summed E-state index contributed by atoms with van der Waals surface area (Å²) in [5, 5.41) is 4.76. The first-order chi connectivity index (χ1) is 10.3. The van der Waals surface area contributed by atoms with Crippen molar-refractivity contribution in [2.75, 3.05) is 7.05 Å². The van der Waals surface area contributed by atoms with Crippen LogP contribution in [0.1, 0.15) is 50.8 Å². The number of hydrogen-bond acceptors (Lipinski definition) is 2. The monoisotopic (exact) mass is 282 g/mol. The fraction of sp³-hybridized carbons (Fsp3) is 0.526.